The van der Waals surface area contributed by atoms with Gasteiger partial charge < -0.3 is 14.8 Å². The van der Waals surface area contributed by atoms with Crippen molar-refractivity contribution >= 4 is 33.4 Å². The zero-order chi connectivity index (χ0) is 19.0. The Labute approximate surface area is 164 Å². The van der Waals surface area contributed by atoms with Gasteiger partial charge >= 0.3 is 0 Å². The van der Waals surface area contributed by atoms with E-state index in [-0.39, 0.29) is 11.8 Å². The molecular weight excluding hydrogens is 412 g/mol. The van der Waals surface area contributed by atoms with Crippen LogP contribution in [0, 0.1) is 0 Å². The second-order valence-electron chi connectivity index (χ2n) is 6.45. The molecule has 1 aliphatic rings. The number of amides is 2. The highest BCUT2D eigenvalue weighted by atomic mass is 79.9. The van der Waals surface area contributed by atoms with E-state index in [2.05, 4.69) is 31.3 Å². The average Bonchev–Trinajstić information content (AvgIpc) is 3.28. The van der Waals surface area contributed by atoms with Crippen LogP contribution >= 0.6 is 15.9 Å². The first-order chi connectivity index (χ1) is 13.1. The lowest BCUT2D eigenvalue weighted by Gasteiger charge is -2.29. The van der Waals surface area contributed by atoms with Crippen molar-refractivity contribution in [3.63, 3.8) is 0 Å². The molecule has 0 bridgehead atoms. The van der Waals surface area contributed by atoms with Crippen molar-refractivity contribution < 1.29 is 9.59 Å². The summed E-state index contributed by atoms with van der Waals surface area (Å²) < 4.78 is 4.36. The smallest absolute Gasteiger partial charge is 0.274 e. The quantitative estimate of drug-likeness (QED) is 0.686. The number of hydrogen-bond acceptors (Lipinski definition) is 4. The Morgan fingerprint density at radius 3 is 2.96 bits per heavy atom. The maximum absolute atomic E-state index is 12.9. The summed E-state index contributed by atoms with van der Waals surface area (Å²) in [4.78, 5) is 31.1. The first-order valence-corrected chi connectivity index (χ1v) is 9.63. The number of fused-ring (bicyclic) bond motifs is 2. The molecule has 4 heterocycles. The molecule has 3 aromatic heterocycles. The van der Waals surface area contributed by atoms with Crippen molar-refractivity contribution in [1.29, 1.82) is 0 Å². The molecule has 0 saturated carbocycles. The normalized spacial score (nSPS) is 13.6. The Morgan fingerprint density at radius 1 is 1.30 bits per heavy atom. The number of nitrogens with one attached hydrogen (secondary N) is 1. The minimum Gasteiger partial charge on any atom is -0.351 e. The van der Waals surface area contributed by atoms with Gasteiger partial charge in [0.25, 0.3) is 11.8 Å². The molecule has 0 unspecified atom stereocenters. The van der Waals surface area contributed by atoms with E-state index in [1.807, 2.05) is 23.6 Å². The topological polar surface area (TPSA) is 84.5 Å². The lowest BCUT2D eigenvalue weighted by Crippen LogP contribution is -2.39. The van der Waals surface area contributed by atoms with E-state index in [1.165, 1.54) is 0 Å². The zero-order valence-corrected chi connectivity index (χ0v) is 16.4. The molecule has 4 rings (SSSR count). The molecule has 9 heteroatoms. The van der Waals surface area contributed by atoms with Crippen molar-refractivity contribution in [2.45, 2.75) is 26.4 Å². The number of carbonyl (C=O) groups is 2. The summed E-state index contributed by atoms with van der Waals surface area (Å²) in [6.45, 7) is 4.23. The van der Waals surface area contributed by atoms with Crippen molar-refractivity contribution in [1.82, 2.24) is 29.4 Å². The fraction of sp³-hybridized carbons (Fsp3) is 0.333. The van der Waals surface area contributed by atoms with E-state index in [1.54, 1.807) is 27.9 Å². The molecule has 8 nitrogen and oxygen atoms in total. The van der Waals surface area contributed by atoms with E-state index in [4.69, 9.17) is 0 Å². The van der Waals surface area contributed by atoms with E-state index in [0.717, 1.165) is 16.6 Å². The second-order valence-corrected chi connectivity index (χ2v) is 7.36. The molecule has 0 saturated heterocycles. The van der Waals surface area contributed by atoms with Crippen LogP contribution in [0.5, 0.6) is 0 Å². The van der Waals surface area contributed by atoms with Gasteiger partial charge in [-0.2, -0.15) is 5.10 Å². The predicted molar refractivity (Wildman–Crippen MR) is 102 cm³/mol. The summed E-state index contributed by atoms with van der Waals surface area (Å²) in [5.74, 6) is -0.207. The Kier molecular flexibility index (Phi) is 4.69. The van der Waals surface area contributed by atoms with E-state index < -0.39 is 0 Å². The third-order valence-corrected chi connectivity index (χ3v) is 4.98. The third-order valence-electron chi connectivity index (χ3n) is 4.57. The minimum atomic E-state index is -0.138. The average molecular weight is 431 g/mol. The first kappa shape index (κ1) is 17.7. The van der Waals surface area contributed by atoms with Gasteiger partial charge in [0.2, 0.25) is 0 Å². The van der Waals surface area contributed by atoms with E-state index >= 15 is 0 Å². The monoisotopic (exact) mass is 430 g/mol. The van der Waals surface area contributed by atoms with Gasteiger partial charge in [0.05, 0.1) is 11.0 Å². The number of nitrogens with zero attached hydrogens (tertiary/aromatic N) is 5. The fourth-order valence-corrected chi connectivity index (χ4v) is 3.52. The lowest BCUT2D eigenvalue weighted by molar-refractivity contribution is 0.0703. The zero-order valence-electron chi connectivity index (χ0n) is 14.9. The minimum absolute atomic E-state index is 0.0696. The molecule has 0 aromatic carbocycles. The lowest BCUT2D eigenvalue weighted by atomic mass is 10.2. The Balaban J connectivity index is 1.53. The van der Waals surface area contributed by atoms with Gasteiger partial charge in [-0.1, -0.05) is 6.92 Å². The van der Waals surface area contributed by atoms with E-state index in [0.29, 0.717) is 43.2 Å². The number of aromatic nitrogens is 4. The molecule has 140 valence electrons. The molecule has 0 fully saturated rings. The van der Waals surface area contributed by atoms with Gasteiger partial charge in [0.15, 0.2) is 11.3 Å². The number of hydrogen-bond donors (Lipinski definition) is 1. The highest BCUT2D eigenvalue weighted by Crippen LogP contribution is 2.19. The van der Waals surface area contributed by atoms with Crippen LogP contribution in [0.2, 0.25) is 0 Å². The van der Waals surface area contributed by atoms with Gasteiger partial charge in [-0.05, 0) is 34.5 Å². The molecule has 27 heavy (non-hydrogen) atoms. The molecule has 0 spiro atoms. The van der Waals surface area contributed by atoms with Crippen LogP contribution in [0.3, 0.4) is 0 Å². The van der Waals surface area contributed by atoms with Crippen LogP contribution in [-0.4, -0.2) is 49.0 Å². The van der Waals surface area contributed by atoms with Gasteiger partial charge in [-0.25, -0.2) is 9.50 Å². The summed E-state index contributed by atoms with van der Waals surface area (Å²) >= 11 is 3.35. The highest BCUT2D eigenvalue weighted by molar-refractivity contribution is 9.10. The van der Waals surface area contributed by atoms with Crippen LogP contribution in [0.1, 0.15) is 40.0 Å². The summed E-state index contributed by atoms with van der Waals surface area (Å²) in [7, 11) is 0. The summed E-state index contributed by atoms with van der Waals surface area (Å²) in [5.41, 5.74) is 2.58. The molecule has 0 radical (unpaired) electrons. The molecule has 0 aliphatic carbocycles. The largest absolute Gasteiger partial charge is 0.351 e. The molecule has 2 amide bonds. The number of halogens is 1. The van der Waals surface area contributed by atoms with Crippen molar-refractivity contribution in [2.24, 2.45) is 0 Å². The number of carbonyl (C=O) groups excluding carboxylic acids is 2. The predicted octanol–water partition coefficient (Wildman–Crippen LogP) is 2.09. The van der Waals surface area contributed by atoms with E-state index in [9.17, 15) is 9.59 Å². The van der Waals surface area contributed by atoms with Crippen LogP contribution in [-0.2, 0) is 13.1 Å². The molecule has 0 atom stereocenters. The van der Waals surface area contributed by atoms with Crippen LogP contribution < -0.4 is 5.32 Å². The standard InChI is InChI=1S/C18H19BrN6O2/c1-2-5-20-17(26)15-4-3-13-11-23(6-7-24(13)15)18(27)14-8-16-21-9-12(19)10-25(16)22-14/h3-4,8-10H,2,5-7,11H2,1H3,(H,20,26). The molecule has 3 aromatic rings. The van der Waals surface area contributed by atoms with Gasteiger partial charge in [0.1, 0.15) is 5.69 Å². The third kappa shape index (κ3) is 3.34. The molecule has 1 aliphatic heterocycles. The summed E-state index contributed by atoms with van der Waals surface area (Å²) in [6.07, 6.45) is 4.33. The number of rotatable bonds is 4. The maximum atomic E-state index is 12.9. The van der Waals surface area contributed by atoms with Crippen molar-refractivity contribution in [3.8, 4) is 0 Å². The second kappa shape index (κ2) is 7.15. The van der Waals surface area contributed by atoms with Crippen LogP contribution in [0.15, 0.2) is 35.1 Å². The Hall–Kier alpha value is -2.68. The summed E-state index contributed by atoms with van der Waals surface area (Å²) in [6, 6.07) is 5.41. The van der Waals surface area contributed by atoms with Crippen molar-refractivity contribution in [2.75, 3.05) is 13.1 Å². The SMILES string of the molecule is CCCNC(=O)c1ccc2n1CCN(C(=O)c1cc3ncc(Br)cn3n1)C2. The Bertz CT molecular complexity index is 1020. The summed E-state index contributed by atoms with van der Waals surface area (Å²) in [5, 5.41) is 7.23. The van der Waals surface area contributed by atoms with Gasteiger partial charge in [-0.15, -0.1) is 0 Å². The van der Waals surface area contributed by atoms with Crippen LogP contribution in [0.25, 0.3) is 5.65 Å². The highest BCUT2D eigenvalue weighted by Gasteiger charge is 2.26. The van der Waals surface area contributed by atoms with Gasteiger partial charge in [0, 0.05) is 43.8 Å². The molecule has 1 N–H and O–H groups in total. The fourth-order valence-electron chi connectivity index (χ4n) is 3.23. The van der Waals surface area contributed by atoms with Gasteiger partial charge in [-0.3, -0.25) is 9.59 Å². The van der Waals surface area contributed by atoms with Crippen LogP contribution in [0.4, 0.5) is 0 Å². The van der Waals surface area contributed by atoms with Crippen molar-refractivity contribution in [3.05, 3.63) is 52.1 Å². The first-order valence-electron chi connectivity index (χ1n) is 8.83. The maximum Gasteiger partial charge on any atom is 0.274 e. The molecular formula is C18H19BrN6O2. The Morgan fingerprint density at radius 2 is 2.15 bits per heavy atom.